The molecule has 4 aliphatic heterocycles. The Morgan fingerprint density at radius 2 is 1.63 bits per heavy atom. The molecule has 12 heteroatoms. The van der Waals surface area contributed by atoms with Gasteiger partial charge in [0.25, 0.3) is 0 Å². The molecule has 0 radical (unpaired) electrons. The summed E-state index contributed by atoms with van der Waals surface area (Å²) in [5.41, 5.74) is 4.66. The number of H-pyrrole nitrogens is 1. The van der Waals surface area contributed by atoms with E-state index in [9.17, 15) is 9.59 Å². The molecule has 0 aliphatic carbocycles. The van der Waals surface area contributed by atoms with Crippen molar-refractivity contribution in [2.45, 2.75) is 38.3 Å². The Kier molecular flexibility index (Phi) is 9.55. The molecule has 3 fully saturated rings. The molecule has 10 nitrogen and oxygen atoms in total. The summed E-state index contributed by atoms with van der Waals surface area (Å²) in [4.78, 5) is 40.2. The highest BCUT2D eigenvalue weighted by molar-refractivity contribution is 8.05. The number of hydrogen-bond donors (Lipinski definition) is 2. The van der Waals surface area contributed by atoms with Crippen LogP contribution in [0.25, 0.3) is 11.3 Å². The van der Waals surface area contributed by atoms with Crippen molar-refractivity contribution in [3.63, 3.8) is 0 Å². The maximum atomic E-state index is 13.2. The summed E-state index contributed by atoms with van der Waals surface area (Å²) < 4.78 is 16.9. The van der Waals surface area contributed by atoms with Crippen LogP contribution in [-0.2, 0) is 20.8 Å². The average molecular weight is 698 g/mol. The minimum atomic E-state index is -0.284. The van der Waals surface area contributed by atoms with Crippen molar-refractivity contribution < 1.29 is 19.0 Å². The van der Waals surface area contributed by atoms with Gasteiger partial charge in [0.05, 0.1) is 38.2 Å². The maximum Gasteiger partial charge on any atom is 0.410 e. The number of carbonyl (C=O) groups is 1. The first-order valence-electron chi connectivity index (χ1n) is 16.8. The predicted octanol–water partition coefficient (Wildman–Crippen LogP) is 5.63. The third-order valence-corrected chi connectivity index (χ3v) is 12.1. The number of fused-ring (bicyclic) bond motifs is 2. The number of anilines is 2. The SMILES string of the molecule is O=C(OCc1ccccc1)N1CC(Nc2ccc3c(c2)Sc2cccc(-c4cc(N5CCOCC5)cc(=O)[nH]4)c2S3)C(N2CCOCC2)C1. The quantitative estimate of drug-likeness (QED) is 0.223. The highest BCUT2D eigenvalue weighted by Gasteiger charge is 2.40. The van der Waals surface area contributed by atoms with E-state index in [0.717, 1.165) is 64.2 Å². The van der Waals surface area contributed by atoms with E-state index in [2.05, 4.69) is 62.6 Å². The van der Waals surface area contributed by atoms with Gasteiger partial charge in [-0.15, -0.1) is 0 Å². The molecule has 254 valence electrons. The van der Waals surface area contributed by atoms with Crippen LogP contribution in [0.5, 0.6) is 0 Å². The Morgan fingerprint density at radius 1 is 0.837 bits per heavy atom. The summed E-state index contributed by atoms with van der Waals surface area (Å²) >= 11 is 3.49. The number of carbonyl (C=O) groups excluding carboxylic acids is 1. The molecule has 2 N–H and O–H groups in total. The minimum Gasteiger partial charge on any atom is -0.445 e. The topological polar surface area (TPSA) is 99.4 Å². The second kappa shape index (κ2) is 14.5. The number of aromatic amines is 1. The van der Waals surface area contributed by atoms with E-state index in [1.807, 2.05) is 35.2 Å². The van der Waals surface area contributed by atoms with Crippen molar-refractivity contribution >= 4 is 41.0 Å². The highest BCUT2D eigenvalue weighted by Crippen LogP contribution is 2.52. The van der Waals surface area contributed by atoms with Crippen molar-refractivity contribution in [2.24, 2.45) is 0 Å². The third-order valence-electron chi connectivity index (χ3n) is 9.47. The van der Waals surface area contributed by atoms with E-state index >= 15 is 0 Å². The summed E-state index contributed by atoms with van der Waals surface area (Å²) in [7, 11) is 0. The number of likely N-dealkylation sites (tertiary alicyclic amines) is 1. The van der Waals surface area contributed by atoms with Crippen LogP contribution in [0, 0.1) is 0 Å². The van der Waals surface area contributed by atoms with Gasteiger partial charge >= 0.3 is 6.09 Å². The van der Waals surface area contributed by atoms with Gasteiger partial charge in [0, 0.05) is 87.9 Å². The molecular formula is C37H39N5O5S2. The summed E-state index contributed by atoms with van der Waals surface area (Å²) in [6.45, 7) is 7.36. The Balaban J connectivity index is 0.996. The lowest BCUT2D eigenvalue weighted by atomic mass is 10.1. The lowest BCUT2D eigenvalue weighted by Gasteiger charge is -2.35. The predicted molar refractivity (Wildman–Crippen MR) is 192 cm³/mol. The number of pyridine rings is 1. The fourth-order valence-corrected chi connectivity index (χ4v) is 9.38. The van der Waals surface area contributed by atoms with E-state index in [1.165, 1.54) is 9.79 Å². The zero-order chi connectivity index (χ0) is 33.2. The number of nitrogens with zero attached hydrogens (tertiary/aromatic N) is 3. The smallest absolute Gasteiger partial charge is 0.410 e. The van der Waals surface area contributed by atoms with E-state index < -0.39 is 0 Å². The number of benzene rings is 3. The first kappa shape index (κ1) is 32.3. The van der Waals surface area contributed by atoms with Crippen LogP contribution in [0.3, 0.4) is 0 Å². The molecule has 0 saturated carbocycles. The minimum absolute atomic E-state index is 0.0381. The van der Waals surface area contributed by atoms with E-state index in [4.69, 9.17) is 14.2 Å². The second-order valence-electron chi connectivity index (χ2n) is 12.6. The van der Waals surface area contributed by atoms with Crippen LogP contribution in [0.2, 0.25) is 0 Å². The molecule has 1 aromatic heterocycles. The molecule has 2 unspecified atom stereocenters. The molecule has 3 aromatic carbocycles. The van der Waals surface area contributed by atoms with Gasteiger partial charge in [0.2, 0.25) is 5.56 Å². The van der Waals surface area contributed by atoms with Crippen LogP contribution in [-0.4, -0.2) is 98.7 Å². The third kappa shape index (κ3) is 7.20. The largest absolute Gasteiger partial charge is 0.445 e. The molecule has 5 heterocycles. The molecular weight excluding hydrogens is 659 g/mol. The number of rotatable bonds is 7. The van der Waals surface area contributed by atoms with Crippen molar-refractivity contribution in [1.82, 2.24) is 14.8 Å². The second-order valence-corrected chi connectivity index (χ2v) is 14.8. The maximum absolute atomic E-state index is 13.2. The van der Waals surface area contributed by atoms with E-state index in [1.54, 1.807) is 29.6 Å². The normalized spacial score (nSPS) is 20.8. The van der Waals surface area contributed by atoms with Crippen molar-refractivity contribution in [1.29, 1.82) is 0 Å². The van der Waals surface area contributed by atoms with Crippen molar-refractivity contribution in [3.05, 3.63) is 94.8 Å². The zero-order valence-corrected chi connectivity index (χ0v) is 28.8. The molecule has 8 rings (SSSR count). The molecule has 0 bridgehead atoms. The lowest BCUT2D eigenvalue weighted by molar-refractivity contribution is 0.0167. The Bertz CT molecular complexity index is 1860. The van der Waals surface area contributed by atoms with Gasteiger partial charge in [0.1, 0.15) is 6.61 Å². The van der Waals surface area contributed by atoms with E-state index in [-0.39, 0.29) is 30.3 Å². The molecule has 2 atom stereocenters. The number of amides is 1. The molecule has 1 amide bonds. The van der Waals surface area contributed by atoms with Gasteiger partial charge in [-0.2, -0.15) is 0 Å². The van der Waals surface area contributed by atoms with Gasteiger partial charge < -0.3 is 34.3 Å². The lowest BCUT2D eigenvalue weighted by Crippen LogP contribution is -2.51. The standard InChI is InChI=1S/C37H39N5O5S2/c43-35-21-27(40-11-15-45-16-12-40)20-29(39-35)28-7-4-8-33-36(28)49-32-10-9-26(19-34(32)48-33)38-30-22-42(23-31(30)41-13-17-46-18-14-41)37(44)47-24-25-5-2-1-3-6-25/h1-10,19-21,30-31,38H,11-18,22-24H2,(H,39,43). The summed E-state index contributed by atoms with van der Waals surface area (Å²) in [5, 5.41) is 3.79. The van der Waals surface area contributed by atoms with Gasteiger partial charge in [-0.1, -0.05) is 66.0 Å². The fourth-order valence-electron chi connectivity index (χ4n) is 6.96. The number of hydrogen-bond acceptors (Lipinski definition) is 10. The summed E-state index contributed by atoms with van der Waals surface area (Å²) in [6, 6.07) is 26.6. The Hall–Kier alpha value is -3.94. The van der Waals surface area contributed by atoms with Gasteiger partial charge in [-0.25, -0.2) is 4.79 Å². The number of aromatic nitrogens is 1. The molecule has 0 spiro atoms. The van der Waals surface area contributed by atoms with Gasteiger partial charge in [-0.05, 0) is 35.9 Å². The van der Waals surface area contributed by atoms with Gasteiger partial charge in [0.15, 0.2) is 0 Å². The monoisotopic (exact) mass is 697 g/mol. The molecule has 4 aromatic rings. The highest BCUT2D eigenvalue weighted by atomic mass is 32.2. The number of ether oxygens (including phenoxy) is 3. The fraction of sp³-hybridized carbons (Fsp3) is 0.351. The van der Waals surface area contributed by atoms with Gasteiger partial charge in [-0.3, -0.25) is 9.69 Å². The first-order valence-corrected chi connectivity index (χ1v) is 18.4. The Labute approximate surface area is 294 Å². The van der Waals surface area contributed by atoms with Crippen LogP contribution in [0.15, 0.2) is 103 Å². The Morgan fingerprint density at radius 3 is 2.45 bits per heavy atom. The zero-order valence-electron chi connectivity index (χ0n) is 27.1. The molecule has 3 saturated heterocycles. The van der Waals surface area contributed by atoms with Crippen molar-refractivity contribution in [2.75, 3.05) is 75.9 Å². The van der Waals surface area contributed by atoms with Crippen molar-refractivity contribution in [3.8, 4) is 11.3 Å². The molecule has 4 aliphatic rings. The number of morpholine rings is 2. The van der Waals surface area contributed by atoms with Crippen LogP contribution in [0.4, 0.5) is 16.2 Å². The summed E-state index contributed by atoms with van der Waals surface area (Å²) in [6.07, 6.45) is -0.284. The molecule has 49 heavy (non-hydrogen) atoms. The van der Waals surface area contributed by atoms with E-state index in [0.29, 0.717) is 39.5 Å². The van der Waals surface area contributed by atoms with Crippen LogP contribution in [0.1, 0.15) is 5.56 Å². The first-order chi connectivity index (χ1) is 24.1. The average Bonchev–Trinajstić information content (AvgIpc) is 3.57. The number of nitrogens with one attached hydrogen (secondary N) is 2. The van der Waals surface area contributed by atoms with Crippen LogP contribution < -0.4 is 15.8 Å². The van der Waals surface area contributed by atoms with Crippen LogP contribution >= 0.6 is 23.5 Å². The summed E-state index contributed by atoms with van der Waals surface area (Å²) in [5.74, 6) is 0.